The van der Waals surface area contributed by atoms with E-state index in [2.05, 4.69) is 15.2 Å². The second kappa shape index (κ2) is 6.47. The number of nitrogens with zero attached hydrogens (tertiary/aromatic N) is 4. The van der Waals surface area contributed by atoms with Crippen LogP contribution in [-0.2, 0) is 0 Å². The molecule has 6 heteroatoms. The van der Waals surface area contributed by atoms with Crippen molar-refractivity contribution in [3.8, 4) is 11.5 Å². The first-order valence-corrected chi connectivity index (χ1v) is 8.30. The molecule has 126 valence electrons. The van der Waals surface area contributed by atoms with E-state index >= 15 is 0 Å². The summed E-state index contributed by atoms with van der Waals surface area (Å²) in [6.07, 6.45) is 4.09. The van der Waals surface area contributed by atoms with Crippen molar-refractivity contribution in [1.82, 2.24) is 20.1 Å². The summed E-state index contributed by atoms with van der Waals surface area (Å²) in [7, 11) is 0. The van der Waals surface area contributed by atoms with Crippen LogP contribution in [0.4, 0.5) is 0 Å². The number of rotatable bonds is 3. The van der Waals surface area contributed by atoms with Gasteiger partial charge in [0.05, 0.1) is 5.92 Å². The standard InChI is InChI=1S/C19H18N4O2/c1-13-2-4-14(5-3-13)17-21-22-18(25-17)16-8-11-23(12-16)19(24)15-6-9-20-10-7-15/h2-7,9-10,16H,8,11-12H2,1H3. The molecule has 4 rings (SSSR count). The van der Waals surface area contributed by atoms with Gasteiger partial charge in [-0.1, -0.05) is 17.7 Å². The largest absolute Gasteiger partial charge is 0.420 e. The summed E-state index contributed by atoms with van der Waals surface area (Å²) in [6, 6.07) is 11.4. The van der Waals surface area contributed by atoms with Crippen molar-refractivity contribution >= 4 is 5.91 Å². The summed E-state index contributed by atoms with van der Waals surface area (Å²) >= 11 is 0. The summed E-state index contributed by atoms with van der Waals surface area (Å²) in [5.74, 6) is 1.22. The van der Waals surface area contributed by atoms with Crippen molar-refractivity contribution in [2.45, 2.75) is 19.3 Å². The van der Waals surface area contributed by atoms with Gasteiger partial charge in [0, 0.05) is 36.6 Å². The minimum absolute atomic E-state index is 0.0168. The van der Waals surface area contributed by atoms with Gasteiger partial charge in [0.1, 0.15) is 0 Å². The molecule has 1 amide bonds. The molecule has 1 atom stereocenters. The molecule has 1 aliphatic rings. The summed E-state index contributed by atoms with van der Waals surface area (Å²) in [4.78, 5) is 18.3. The maximum atomic E-state index is 12.5. The fourth-order valence-corrected chi connectivity index (χ4v) is 3.04. The van der Waals surface area contributed by atoms with E-state index in [1.165, 1.54) is 5.56 Å². The fourth-order valence-electron chi connectivity index (χ4n) is 3.04. The Morgan fingerprint density at radius 3 is 2.64 bits per heavy atom. The minimum atomic E-state index is 0.0168. The van der Waals surface area contributed by atoms with Crippen LogP contribution in [0.25, 0.3) is 11.5 Å². The Labute approximate surface area is 145 Å². The molecule has 1 aromatic carbocycles. The van der Waals surface area contributed by atoms with Crippen LogP contribution < -0.4 is 0 Å². The van der Waals surface area contributed by atoms with Crippen LogP contribution in [0.2, 0.25) is 0 Å². The van der Waals surface area contributed by atoms with Crippen LogP contribution in [0, 0.1) is 6.92 Å². The Morgan fingerprint density at radius 1 is 1.12 bits per heavy atom. The first-order valence-electron chi connectivity index (χ1n) is 8.30. The van der Waals surface area contributed by atoms with Crippen molar-refractivity contribution in [3.63, 3.8) is 0 Å². The van der Waals surface area contributed by atoms with Gasteiger partial charge in [-0.3, -0.25) is 9.78 Å². The van der Waals surface area contributed by atoms with Crippen molar-refractivity contribution in [2.24, 2.45) is 0 Å². The van der Waals surface area contributed by atoms with Crippen LogP contribution in [0.15, 0.2) is 53.2 Å². The molecule has 6 nitrogen and oxygen atoms in total. The van der Waals surface area contributed by atoms with E-state index in [9.17, 15) is 4.79 Å². The van der Waals surface area contributed by atoms with Crippen molar-refractivity contribution in [1.29, 1.82) is 0 Å². The number of benzene rings is 1. The van der Waals surface area contributed by atoms with E-state index < -0.39 is 0 Å². The minimum Gasteiger partial charge on any atom is -0.420 e. The zero-order valence-corrected chi connectivity index (χ0v) is 13.9. The van der Waals surface area contributed by atoms with E-state index in [4.69, 9.17) is 4.42 Å². The maximum Gasteiger partial charge on any atom is 0.253 e. The monoisotopic (exact) mass is 334 g/mol. The van der Waals surface area contributed by atoms with Gasteiger partial charge >= 0.3 is 0 Å². The van der Waals surface area contributed by atoms with E-state index in [0.717, 1.165) is 12.0 Å². The van der Waals surface area contributed by atoms with Crippen LogP contribution in [-0.4, -0.2) is 39.1 Å². The lowest BCUT2D eigenvalue weighted by molar-refractivity contribution is 0.0790. The number of likely N-dealkylation sites (tertiary alicyclic amines) is 1. The van der Waals surface area contributed by atoms with Crippen LogP contribution in [0.5, 0.6) is 0 Å². The maximum absolute atomic E-state index is 12.5. The molecule has 0 N–H and O–H groups in total. The van der Waals surface area contributed by atoms with Gasteiger partial charge in [-0.15, -0.1) is 10.2 Å². The highest BCUT2D eigenvalue weighted by Gasteiger charge is 2.31. The molecular formula is C19H18N4O2. The van der Waals surface area contributed by atoms with Gasteiger partial charge in [-0.2, -0.15) is 0 Å². The molecule has 3 aromatic rings. The molecule has 0 radical (unpaired) electrons. The summed E-state index contributed by atoms with van der Waals surface area (Å²) < 4.78 is 5.86. The second-order valence-electron chi connectivity index (χ2n) is 6.28. The number of amides is 1. The molecule has 0 bridgehead atoms. The van der Waals surface area contributed by atoms with E-state index in [-0.39, 0.29) is 11.8 Å². The van der Waals surface area contributed by atoms with Crippen LogP contribution >= 0.6 is 0 Å². The summed E-state index contributed by atoms with van der Waals surface area (Å²) in [6.45, 7) is 3.32. The van der Waals surface area contributed by atoms with Crippen molar-refractivity contribution < 1.29 is 9.21 Å². The topological polar surface area (TPSA) is 72.1 Å². The third-order valence-electron chi connectivity index (χ3n) is 4.49. The van der Waals surface area contributed by atoms with Gasteiger partial charge in [0.2, 0.25) is 11.8 Å². The molecule has 1 unspecified atom stereocenters. The number of carbonyl (C=O) groups excluding carboxylic acids is 1. The highest BCUT2D eigenvalue weighted by molar-refractivity contribution is 5.94. The number of hydrogen-bond acceptors (Lipinski definition) is 5. The third-order valence-corrected chi connectivity index (χ3v) is 4.49. The normalized spacial score (nSPS) is 17.0. The molecular weight excluding hydrogens is 316 g/mol. The molecule has 0 aliphatic carbocycles. The SMILES string of the molecule is Cc1ccc(-c2nnc(C3CCN(C(=O)c4ccncc4)C3)o2)cc1. The lowest BCUT2D eigenvalue weighted by atomic mass is 10.1. The first-order chi connectivity index (χ1) is 12.2. The van der Waals surface area contributed by atoms with Gasteiger partial charge in [-0.25, -0.2) is 0 Å². The van der Waals surface area contributed by atoms with Crippen LogP contribution in [0.1, 0.15) is 34.2 Å². The predicted octanol–water partition coefficient (Wildman–Crippen LogP) is 3.07. The van der Waals surface area contributed by atoms with E-state index in [0.29, 0.717) is 30.4 Å². The molecule has 25 heavy (non-hydrogen) atoms. The van der Waals surface area contributed by atoms with E-state index in [1.54, 1.807) is 24.5 Å². The van der Waals surface area contributed by atoms with Gasteiger partial charge in [-0.05, 0) is 37.6 Å². The second-order valence-corrected chi connectivity index (χ2v) is 6.28. The Hall–Kier alpha value is -3.02. The molecule has 3 heterocycles. The zero-order chi connectivity index (χ0) is 17.2. The van der Waals surface area contributed by atoms with Crippen molar-refractivity contribution in [2.75, 3.05) is 13.1 Å². The smallest absolute Gasteiger partial charge is 0.253 e. The summed E-state index contributed by atoms with van der Waals surface area (Å²) in [5, 5.41) is 8.36. The predicted molar refractivity (Wildman–Crippen MR) is 92.0 cm³/mol. The number of carbonyl (C=O) groups is 1. The molecule has 0 saturated carbocycles. The Bertz CT molecular complexity index is 874. The summed E-state index contributed by atoms with van der Waals surface area (Å²) in [5.41, 5.74) is 2.75. The Balaban J connectivity index is 1.47. The van der Waals surface area contributed by atoms with Crippen LogP contribution in [0.3, 0.4) is 0 Å². The molecule has 2 aromatic heterocycles. The van der Waals surface area contributed by atoms with Gasteiger partial charge < -0.3 is 9.32 Å². The fraction of sp³-hybridized carbons (Fsp3) is 0.263. The quantitative estimate of drug-likeness (QED) is 0.736. The molecule has 0 spiro atoms. The number of aryl methyl sites for hydroxylation is 1. The highest BCUT2D eigenvalue weighted by Crippen LogP contribution is 2.29. The number of pyridine rings is 1. The third kappa shape index (κ3) is 3.15. The molecule has 1 fully saturated rings. The zero-order valence-electron chi connectivity index (χ0n) is 13.9. The van der Waals surface area contributed by atoms with Gasteiger partial charge in [0.25, 0.3) is 5.91 Å². The Morgan fingerprint density at radius 2 is 1.88 bits per heavy atom. The van der Waals surface area contributed by atoms with E-state index in [1.807, 2.05) is 36.1 Å². The Kier molecular flexibility index (Phi) is 4.01. The average molecular weight is 334 g/mol. The molecule has 1 aliphatic heterocycles. The van der Waals surface area contributed by atoms with Gasteiger partial charge in [0.15, 0.2) is 0 Å². The lowest BCUT2D eigenvalue weighted by Gasteiger charge is -2.15. The first kappa shape index (κ1) is 15.5. The lowest BCUT2D eigenvalue weighted by Crippen LogP contribution is -2.28. The number of hydrogen-bond donors (Lipinski definition) is 0. The number of aromatic nitrogens is 3. The average Bonchev–Trinajstić information content (AvgIpc) is 3.32. The molecule has 1 saturated heterocycles. The van der Waals surface area contributed by atoms with Crippen molar-refractivity contribution in [3.05, 3.63) is 65.8 Å². The highest BCUT2D eigenvalue weighted by atomic mass is 16.4.